The maximum Gasteiger partial charge on any atom is 0.205 e. The van der Waals surface area contributed by atoms with Crippen molar-refractivity contribution in [1.82, 2.24) is 0 Å². The summed E-state index contributed by atoms with van der Waals surface area (Å²) < 4.78 is 17.1. The zero-order chi connectivity index (χ0) is 29.0. The highest BCUT2D eigenvalue weighted by atomic mass is 16.5. The van der Waals surface area contributed by atoms with Crippen molar-refractivity contribution in [2.24, 2.45) is 0 Å². The van der Waals surface area contributed by atoms with Gasteiger partial charge in [-0.1, -0.05) is 0 Å². The van der Waals surface area contributed by atoms with Crippen molar-refractivity contribution in [2.75, 3.05) is 7.11 Å². The molecule has 0 amide bonds. The molecule has 4 aromatic carbocycles. The Morgan fingerprint density at radius 1 is 0.634 bits per heavy atom. The number of methoxy groups -OCH3 is 1. The van der Waals surface area contributed by atoms with Crippen LogP contribution in [-0.4, -0.2) is 32.6 Å². The number of benzene rings is 4. The number of fused-ring (bicyclic) bond motifs is 2. The van der Waals surface area contributed by atoms with E-state index in [1.165, 1.54) is 67.8 Å². The Labute approximate surface area is 229 Å². The molecule has 0 aliphatic heterocycles. The second-order valence-corrected chi connectivity index (χ2v) is 9.25. The van der Waals surface area contributed by atoms with Crippen molar-refractivity contribution in [1.29, 1.82) is 0 Å². The van der Waals surface area contributed by atoms with E-state index in [0.29, 0.717) is 5.56 Å². The van der Waals surface area contributed by atoms with Gasteiger partial charge < -0.3 is 39.1 Å². The fourth-order valence-electron chi connectivity index (χ4n) is 4.74. The number of rotatable bonds is 4. The molecule has 6 aromatic rings. The lowest BCUT2D eigenvalue weighted by atomic mass is 9.95. The summed E-state index contributed by atoms with van der Waals surface area (Å²) in [6, 6.07) is 16.0. The lowest BCUT2D eigenvalue weighted by Gasteiger charge is -2.14. The maximum absolute atomic E-state index is 14.0. The molecule has 10 heteroatoms. The maximum atomic E-state index is 14.0. The van der Waals surface area contributed by atoms with Gasteiger partial charge in [0.25, 0.3) is 0 Å². The van der Waals surface area contributed by atoms with Gasteiger partial charge in [0.15, 0.2) is 5.43 Å². The summed E-state index contributed by atoms with van der Waals surface area (Å²) in [5.41, 5.74) is -0.761. The first-order chi connectivity index (χ1) is 19.6. The number of phenolic OH excluding ortho intramolecular Hbond substituents is 5. The summed E-state index contributed by atoms with van der Waals surface area (Å²) in [6.45, 7) is 0. The van der Waals surface area contributed by atoms with Gasteiger partial charge in [0, 0.05) is 47.0 Å². The normalized spacial score (nSPS) is 11.2. The van der Waals surface area contributed by atoms with Gasteiger partial charge in [0.1, 0.15) is 68.0 Å². The van der Waals surface area contributed by atoms with Gasteiger partial charge >= 0.3 is 0 Å². The number of aromatic hydroxyl groups is 5. The molecule has 10 nitrogen and oxygen atoms in total. The average Bonchev–Trinajstić information content (AvgIpc) is 2.93. The molecule has 0 fully saturated rings. The lowest BCUT2D eigenvalue weighted by Crippen LogP contribution is -2.08. The van der Waals surface area contributed by atoms with Gasteiger partial charge in [0.2, 0.25) is 5.43 Å². The van der Waals surface area contributed by atoms with Crippen molar-refractivity contribution in [3.05, 3.63) is 93.2 Å². The van der Waals surface area contributed by atoms with Crippen LogP contribution >= 0.6 is 0 Å². The van der Waals surface area contributed by atoms with Crippen LogP contribution in [0.2, 0.25) is 0 Å². The second-order valence-electron chi connectivity index (χ2n) is 9.25. The minimum Gasteiger partial charge on any atom is -0.508 e. The molecule has 6 rings (SSSR count). The summed E-state index contributed by atoms with van der Waals surface area (Å²) in [4.78, 5) is 26.8. The van der Waals surface area contributed by atoms with Gasteiger partial charge in [-0.05, 0) is 42.5 Å². The van der Waals surface area contributed by atoms with Crippen molar-refractivity contribution in [3.63, 3.8) is 0 Å². The Morgan fingerprint density at radius 3 is 2.05 bits per heavy atom. The highest BCUT2D eigenvalue weighted by Gasteiger charge is 2.24. The van der Waals surface area contributed by atoms with E-state index in [2.05, 4.69) is 0 Å². The Balaban J connectivity index is 1.65. The number of hydrogen-bond acceptors (Lipinski definition) is 10. The molecule has 0 saturated heterocycles. The third kappa shape index (κ3) is 4.23. The molecule has 2 heterocycles. The molecule has 0 saturated carbocycles. The first kappa shape index (κ1) is 25.4. The lowest BCUT2D eigenvalue weighted by molar-refractivity contribution is 0.408. The van der Waals surface area contributed by atoms with Crippen LogP contribution in [0.1, 0.15) is 0 Å². The molecule has 0 spiro atoms. The Kier molecular flexibility index (Phi) is 5.81. The van der Waals surface area contributed by atoms with Gasteiger partial charge in [-0.15, -0.1) is 0 Å². The molecular weight excluding hydrogens is 532 g/mol. The molecule has 204 valence electrons. The van der Waals surface area contributed by atoms with Crippen molar-refractivity contribution in [3.8, 4) is 68.3 Å². The third-order valence-corrected chi connectivity index (χ3v) is 6.66. The van der Waals surface area contributed by atoms with E-state index in [1.807, 2.05) is 0 Å². The Bertz CT molecular complexity index is 2120. The predicted molar refractivity (Wildman–Crippen MR) is 150 cm³/mol. The van der Waals surface area contributed by atoms with E-state index in [9.17, 15) is 35.1 Å². The van der Waals surface area contributed by atoms with Crippen LogP contribution < -0.4 is 15.6 Å². The van der Waals surface area contributed by atoms with E-state index in [-0.39, 0.29) is 73.1 Å². The summed E-state index contributed by atoms with van der Waals surface area (Å²) in [5.74, 6) is -1.20. The second kappa shape index (κ2) is 9.38. The van der Waals surface area contributed by atoms with Crippen LogP contribution in [0.5, 0.6) is 34.5 Å². The van der Waals surface area contributed by atoms with Gasteiger partial charge in [-0.3, -0.25) is 9.59 Å². The van der Waals surface area contributed by atoms with Gasteiger partial charge in [-0.25, -0.2) is 0 Å². The molecule has 0 atom stereocenters. The van der Waals surface area contributed by atoms with Crippen LogP contribution in [0.25, 0.3) is 55.7 Å². The van der Waals surface area contributed by atoms with Crippen LogP contribution in [0, 0.1) is 0 Å². The number of hydrogen-bond donors (Lipinski definition) is 5. The fraction of sp³-hybridized carbons (Fsp3) is 0.0323. The Morgan fingerprint density at radius 2 is 1.32 bits per heavy atom. The SMILES string of the molecule is COc1cc(O)c2c(=O)c(-c3cc(-c4cc(=O)c5c(O)cc(O)cc5o4)ccc3O)c(-c3ccc(O)cc3)oc2c1. The molecule has 0 bridgehead atoms. The first-order valence-electron chi connectivity index (χ1n) is 12.2. The zero-order valence-corrected chi connectivity index (χ0v) is 21.2. The van der Waals surface area contributed by atoms with E-state index >= 15 is 0 Å². The van der Waals surface area contributed by atoms with Crippen LogP contribution in [0.15, 0.2) is 91.2 Å². The van der Waals surface area contributed by atoms with Crippen LogP contribution in [0.3, 0.4) is 0 Å². The van der Waals surface area contributed by atoms with E-state index in [4.69, 9.17) is 13.6 Å². The molecule has 41 heavy (non-hydrogen) atoms. The number of phenols is 5. The monoisotopic (exact) mass is 552 g/mol. The minimum atomic E-state index is -0.670. The Hall–Kier alpha value is -5.90. The molecule has 2 aromatic heterocycles. The van der Waals surface area contributed by atoms with E-state index < -0.39 is 22.4 Å². The minimum absolute atomic E-state index is 0.00190. The summed E-state index contributed by atoms with van der Waals surface area (Å²) in [5, 5.41) is 51.1. The van der Waals surface area contributed by atoms with E-state index in [1.54, 1.807) is 0 Å². The highest BCUT2D eigenvalue weighted by Crippen LogP contribution is 2.41. The fourth-order valence-corrected chi connectivity index (χ4v) is 4.74. The van der Waals surface area contributed by atoms with Crippen LogP contribution in [-0.2, 0) is 0 Å². The summed E-state index contributed by atoms with van der Waals surface area (Å²) >= 11 is 0. The van der Waals surface area contributed by atoms with Crippen molar-refractivity contribution >= 4 is 21.9 Å². The largest absolute Gasteiger partial charge is 0.508 e. The van der Waals surface area contributed by atoms with E-state index in [0.717, 1.165) is 12.1 Å². The third-order valence-electron chi connectivity index (χ3n) is 6.66. The molecule has 0 aliphatic carbocycles. The highest BCUT2D eigenvalue weighted by molar-refractivity contribution is 5.95. The summed E-state index contributed by atoms with van der Waals surface area (Å²) in [7, 11) is 1.39. The number of ether oxygens (including phenoxy) is 1. The van der Waals surface area contributed by atoms with Gasteiger partial charge in [-0.2, -0.15) is 0 Å². The predicted octanol–water partition coefficient (Wildman–Crippen LogP) is 5.44. The topological polar surface area (TPSA) is 171 Å². The van der Waals surface area contributed by atoms with Crippen molar-refractivity contribution in [2.45, 2.75) is 0 Å². The molecule has 0 aliphatic rings. The van der Waals surface area contributed by atoms with Crippen molar-refractivity contribution < 1.29 is 39.1 Å². The summed E-state index contributed by atoms with van der Waals surface area (Å²) in [6.07, 6.45) is 0. The molecule has 5 N–H and O–H groups in total. The molecular formula is C31H20O10. The van der Waals surface area contributed by atoms with Gasteiger partial charge in [0.05, 0.1) is 12.7 Å². The molecule has 0 unspecified atom stereocenters. The van der Waals surface area contributed by atoms with Crippen LogP contribution in [0.4, 0.5) is 0 Å². The standard InChI is InChI=1S/C31H20O10/c1-39-18-11-22(36)29-26(12-18)41-31(14-2-5-16(32)6-3-14)27(30(29)38)19-8-15(4-7-20(19)34)24-13-23(37)28-21(35)9-17(33)10-25(28)40-24/h2-13,32-36H,1H3. The molecule has 0 radical (unpaired) electrons. The zero-order valence-electron chi connectivity index (χ0n) is 21.2. The quantitative estimate of drug-likeness (QED) is 0.190. The average molecular weight is 552 g/mol. The smallest absolute Gasteiger partial charge is 0.205 e. The first-order valence-corrected chi connectivity index (χ1v) is 12.2.